The summed E-state index contributed by atoms with van der Waals surface area (Å²) in [6, 6.07) is 5.54. The van der Waals surface area contributed by atoms with Gasteiger partial charge in [0.05, 0.1) is 23.1 Å². The zero-order valence-corrected chi connectivity index (χ0v) is 22.0. The van der Waals surface area contributed by atoms with Gasteiger partial charge in [0.15, 0.2) is 21.5 Å². The number of rotatable bonds is 6. The predicted molar refractivity (Wildman–Crippen MR) is 139 cm³/mol. The molecule has 0 aromatic carbocycles. The fourth-order valence-corrected chi connectivity index (χ4v) is 5.28. The van der Waals surface area contributed by atoms with E-state index in [4.69, 9.17) is 0 Å². The van der Waals surface area contributed by atoms with E-state index in [0.29, 0.717) is 16.9 Å². The summed E-state index contributed by atoms with van der Waals surface area (Å²) in [7, 11) is -2.05. The summed E-state index contributed by atoms with van der Waals surface area (Å²) in [5.74, 6) is -1.94. The summed E-state index contributed by atoms with van der Waals surface area (Å²) < 4.78 is 63.2. The smallest absolute Gasteiger partial charge is 0.365 e. The Bertz CT molecular complexity index is 1610. The Kier molecular flexibility index (Phi) is 6.60. The number of aromatic nitrogens is 4. The Balaban J connectivity index is 1.44. The first-order valence-corrected chi connectivity index (χ1v) is 13.9. The van der Waals surface area contributed by atoms with Crippen molar-refractivity contribution in [2.75, 3.05) is 42.4 Å². The molecule has 16 heteroatoms. The summed E-state index contributed by atoms with van der Waals surface area (Å²) in [5, 5.41) is 9.99. The monoisotopic (exact) mass is 576 g/mol. The summed E-state index contributed by atoms with van der Waals surface area (Å²) in [5.41, 5.74) is -0.156. The number of amides is 2. The van der Waals surface area contributed by atoms with Crippen LogP contribution in [0, 0.1) is 0 Å². The molecule has 2 amide bonds. The number of nitrogens with zero attached hydrogens (tertiary/aromatic N) is 6. The van der Waals surface area contributed by atoms with Crippen LogP contribution >= 0.6 is 0 Å². The van der Waals surface area contributed by atoms with Crippen molar-refractivity contribution in [3.8, 4) is 5.82 Å². The molecule has 12 nitrogen and oxygen atoms in total. The van der Waals surface area contributed by atoms with Crippen LogP contribution in [0.25, 0.3) is 5.82 Å². The Morgan fingerprint density at radius 3 is 2.52 bits per heavy atom. The molecule has 0 atom stereocenters. The van der Waals surface area contributed by atoms with Gasteiger partial charge in [-0.1, -0.05) is 0 Å². The lowest BCUT2D eigenvalue weighted by Gasteiger charge is -2.52. The molecule has 0 radical (unpaired) electrons. The van der Waals surface area contributed by atoms with Crippen molar-refractivity contribution in [1.29, 1.82) is 0 Å². The number of nitrogens with one attached hydrogen (secondary N) is 2. The number of carbonyl (C=O) groups excluding carboxylic acids is 2. The molecule has 0 bridgehead atoms. The van der Waals surface area contributed by atoms with Gasteiger partial charge in [-0.05, 0) is 24.3 Å². The van der Waals surface area contributed by atoms with Gasteiger partial charge in [-0.2, -0.15) is 23.0 Å². The second-order valence-corrected chi connectivity index (χ2v) is 11.8. The maximum atomic E-state index is 13.3. The number of alkyl halides is 3. The molecule has 1 fully saturated rings. The summed E-state index contributed by atoms with van der Waals surface area (Å²) >= 11 is 0. The fourth-order valence-electron chi connectivity index (χ4n) is 4.73. The first-order valence-electron chi connectivity index (χ1n) is 11.9. The Morgan fingerprint density at radius 2 is 1.95 bits per heavy atom. The van der Waals surface area contributed by atoms with E-state index < -0.39 is 44.8 Å². The highest BCUT2D eigenvalue weighted by Crippen LogP contribution is 2.37. The van der Waals surface area contributed by atoms with Crippen LogP contribution in [0.5, 0.6) is 0 Å². The molecule has 2 N–H and O–H groups in total. The van der Waals surface area contributed by atoms with Crippen LogP contribution in [0.4, 0.5) is 24.7 Å². The minimum absolute atomic E-state index is 0.0245. The molecule has 2 aliphatic heterocycles. The highest BCUT2D eigenvalue weighted by molar-refractivity contribution is 7.91. The minimum atomic E-state index is -4.55. The molecule has 40 heavy (non-hydrogen) atoms. The average molecular weight is 577 g/mol. The van der Waals surface area contributed by atoms with Crippen LogP contribution in [-0.4, -0.2) is 83.9 Å². The van der Waals surface area contributed by atoms with E-state index in [0.717, 1.165) is 18.5 Å². The third kappa shape index (κ3) is 5.38. The van der Waals surface area contributed by atoms with Crippen molar-refractivity contribution in [3.05, 3.63) is 59.2 Å². The molecule has 210 valence electrons. The van der Waals surface area contributed by atoms with Crippen molar-refractivity contribution in [2.45, 2.75) is 18.1 Å². The van der Waals surface area contributed by atoms with Crippen molar-refractivity contribution in [3.63, 3.8) is 0 Å². The van der Waals surface area contributed by atoms with Gasteiger partial charge in [0.25, 0.3) is 5.91 Å². The van der Waals surface area contributed by atoms with E-state index in [2.05, 4.69) is 30.7 Å². The van der Waals surface area contributed by atoms with Crippen molar-refractivity contribution in [2.24, 2.45) is 4.99 Å². The van der Waals surface area contributed by atoms with Crippen molar-refractivity contribution >= 4 is 39.4 Å². The maximum absolute atomic E-state index is 13.3. The predicted octanol–water partition coefficient (Wildman–Crippen LogP) is 1.26. The molecule has 0 unspecified atom stereocenters. The van der Waals surface area contributed by atoms with Crippen LogP contribution < -0.4 is 15.5 Å². The minimum Gasteiger partial charge on any atom is -0.365 e. The largest absolute Gasteiger partial charge is 0.433 e. The molecule has 2 aliphatic rings. The van der Waals surface area contributed by atoms with Gasteiger partial charge in [-0.25, -0.2) is 18.4 Å². The number of hydrogen-bond acceptors (Lipinski definition) is 9. The highest BCUT2D eigenvalue weighted by atomic mass is 32.2. The Labute approximate surface area is 226 Å². The molecule has 0 saturated carbocycles. The fraction of sp³-hybridized carbons (Fsp3) is 0.333. The first-order chi connectivity index (χ1) is 18.8. The van der Waals surface area contributed by atoms with Crippen LogP contribution in [0.3, 0.4) is 0 Å². The molecular formula is C24H23F3N8O4S. The lowest BCUT2D eigenvalue weighted by Crippen LogP contribution is -2.73. The number of halogens is 3. The van der Waals surface area contributed by atoms with E-state index >= 15 is 0 Å². The molecule has 1 spiro atoms. The molecule has 1 saturated heterocycles. The lowest BCUT2D eigenvalue weighted by molar-refractivity contribution is -0.141. The maximum Gasteiger partial charge on any atom is 0.433 e. The van der Waals surface area contributed by atoms with Crippen LogP contribution in [0.2, 0.25) is 0 Å². The van der Waals surface area contributed by atoms with Crippen molar-refractivity contribution in [1.82, 2.24) is 25.1 Å². The quantitative estimate of drug-likeness (QED) is 0.416. The number of sulfone groups is 1. The third-order valence-electron chi connectivity index (χ3n) is 6.38. The molecule has 5 heterocycles. The SMILES string of the molecule is CN=Cc1ccc(-n2nc3c(c2NC(=O)CS(C)(=O)=O)C(=O)NC2(C3)CN(c3ccc(C(F)(F)F)nc3)C2)nc1. The number of fused-ring (bicyclic) bond motifs is 1. The summed E-state index contributed by atoms with van der Waals surface area (Å²) in [6.45, 7) is 0.578. The number of pyridine rings is 2. The topological polar surface area (TPSA) is 152 Å². The summed E-state index contributed by atoms with van der Waals surface area (Å²) in [4.78, 5) is 39.4. The lowest BCUT2D eigenvalue weighted by atomic mass is 9.80. The Morgan fingerprint density at radius 1 is 1.20 bits per heavy atom. The van der Waals surface area contributed by atoms with Gasteiger partial charge < -0.3 is 15.5 Å². The van der Waals surface area contributed by atoms with Gasteiger partial charge in [0.1, 0.15) is 17.0 Å². The number of anilines is 2. The van der Waals surface area contributed by atoms with Gasteiger partial charge in [-0.3, -0.25) is 14.6 Å². The van der Waals surface area contributed by atoms with E-state index in [1.54, 1.807) is 30.3 Å². The highest BCUT2D eigenvalue weighted by Gasteiger charge is 2.50. The number of aliphatic imine (C=N–C) groups is 1. The van der Waals surface area contributed by atoms with Crippen LogP contribution in [-0.2, 0) is 27.2 Å². The van der Waals surface area contributed by atoms with Gasteiger partial charge in [-0.15, -0.1) is 0 Å². The number of hydrogen-bond donors (Lipinski definition) is 2. The third-order valence-corrected chi connectivity index (χ3v) is 7.16. The van der Waals surface area contributed by atoms with Crippen molar-refractivity contribution < 1.29 is 31.2 Å². The van der Waals surface area contributed by atoms with Gasteiger partial charge in [0, 0.05) is 50.8 Å². The van der Waals surface area contributed by atoms with Gasteiger partial charge >= 0.3 is 6.18 Å². The van der Waals surface area contributed by atoms with E-state index in [1.165, 1.54) is 16.9 Å². The molecular weight excluding hydrogens is 553 g/mol. The molecule has 0 aliphatic carbocycles. The standard InChI is InChI=1S/C24H23F3N8O4S/c1-28-8-14-3-6-18(30-9-14)35-21(31-19(36)11-40(2,38)39)20-16(33-35)7-23(32-22(20)37)12-34(13-23)15-4-5-17(29-10-15)24(25,26)27/h3-6,8-10H,7,11-13H2,1-2H3,(H,31,36)(H,32,37). The van der Waals surface area contributed by atoms with E-state index in [-0.39, 0.29) is 36.7 Å². The van der Waals surface area contributed by atoms with E-state index in [9.17, 15) is 31.2 Å². The second kappa shape index (κ2) is 9.69. The second-order valence-electron chi connectivity index (χ2n) is 9.70. The zero-order chi connectivity index (χ0) is 28.9. The zero-order valence-electron chi connectivity index (χ0n) is 21.2. The molecule has 5 rings (SSSR count). The van der Waals surface area contributed by atoms with Crippen LogP contribution in [0.15, 0.2) is 41.7 Å². The van der Waals surface area contributed by atoms with Gasteiger partial charge in [0.2, 0.25) is 5.91 Å². The summed E-state index contributed by atoms with van der Waals surface area (Å²) in [6.07, 6.45) is 0.865. The van der Waals surface area contributed by atoms with E-state index in [1.807, 2.05) is 0 Å². The first kappa shape index (κ1) is 27.2. The number of carbonyl (C=O) groups is 2. The molecule has 3 aromatic rings. The normalized spacial score (nSPS) is 16.5. The average Bonchev–Trinajstić information content (AvgIpc) is 3.19. The Hall–Kier alpha value is -4.34. The van der Waals surface area contributed by atoms with Crippen LogP contribution in [0.1, 0.15) is 27.3 Å². The molecule has 3 aromatic heterocycles.